The van der Waals surface area contributed by atoms with Crippen molar-refractivity contribution in [2.24, 2.45) is 0 Å². The van der Waals surface area contributed by atoms with Gasteiger partial charge in [0.2, 0.25) is 5.91 Å². The summed E-state index contributed by atoms with van der Waals surface area (Å²) >= 11 is 1.39. The SMILES string of the molecule is CC(=O)N(c1ccccc1)c1nc(COc2ccc(C#N)cc2)cs1. The molecule has 124 valence electrons. The summed E-state index contributed by atoms with van der Waals surface area (Å²) in [5.74, 6) is 0.570. The Labute approximate surface area is 149 Å². The van der Waals surface area contributed by atoms with Crippen LogP contribution in [0.4, 0.5) is 10.8 Å². The maximum atomic E-state index is 12.0. The second kappa shape index (κ2) is 7.60. The molecule has 0 unspecified atom stereocenters. The lowest BCUT2D eigenvalue weighted by Crippen LogP contribution is -2.22. The second-order valence-electron chi connectivity index (χ2n) is 5.24. The second-order valence-corrected chi connectivity index (χ2v) is 6.07. The summed E-state index contributed by atoms with van der Waals surface area (Å²) in [5, 5.41) is 11.3. The molecule has 0 aliphatic heterocycles. The van der Waals surface area contributed by atoms with Crippen molar-refractivity contribution in [1.82, 2.24) is 4.98 Å². The number of rotatable bonds is 5. The van der Waals surface area contributed by atoms with Crippen molar-refractivity contribution >= 4 is 28.1 Å². The molecule has 25 heavy (non-hydrogen) atoms. The fourth-order valence-corrected chi connectivity index (χ4v) is 3.12. The molecule has 0 aliphatic carbocycles. The van der Waals surface area contributed by atoms with Gasteiger partial charge in [-0.05, 0) is 36.4 Å². The van der Waals surface area contributed by atoms with E-state index in [9.17, 15) is 4.79 Å². The zero-order chi connectivity index (χ0) is 17.6. The molecule has 5 nitrogen and oxygen atoms in total. The molecule has 3 rings (SSSR count). The summed E-state index contributed by atoms with van der Waals surface area (Å²) in [6.07, 6.45) is 0. The largest absolute Gasteiger partial charge is 0.487 e. The summed E-state index contributed by atoms with van der Waals surface area (Å²) in [5.41, 5.74) is 2.11. The number of ether oxygens (including phenoxy) is 1. The normalized spacial score (nSPS) is 10.1. The van der Waals surface area contributed by atoms with Gasteiger partial charge in [0.1, 0.15) is 12.4 Å². The first-order valence-electron chi connectivity index (χ1n) is 7.60. The third-order valence-corrected chi connectivity index (χ3v) is 4.30. The lowest BCUT2D eigenvalue weighted by Gasteiger charge is -2.17. The van der Waals surface area contributed by atoms with Crippen molar-refractivity contribution in [2.45, 2.75) is 13.5 Å². The van der Waals surface area contributed by atoms with Crippen molar-refractivity contribution in [3.05, 3.63) is 71.2 Å². The Kier molecular flexibility index (Phi) is 5.07. The maximum absolute atomic E-state index is 12.0. The monoisotopic (exact) mass is 349 g/mol. The topological polar surface area (TPSA) is 66.2 Å². The first kappa shape index (κ1) is 16.7. The van der Waals surface area contributed by atoms with Gasteiger partial charge in [-0.15, -0.1) is 11.3 Å². The zero-order valence-electron chi connectivity index (χ0n) is 13.5. The van der Waals surface area contributed by atoms with Crippen LogP contribution in [0.2, 0.25) is 0 Å². The van der Waals surface area contributed by atoms with E-state index in [1.54, 1.807) is 29.2 Å². The van der Waals surface area contributed by atoms with E-state index in [1.165, 1.54) is 18.3 Å². The van der Waals surface area contributed by atoms with Crippen LogP contribution in [0.3, 0.4) is 0 Å². The minimum Gasteiger partial charge on any atom is -0.487 e. The van der Waals surface area contributed by atoms with Gasteiger partial charge < -0.3 is 4.74 Å². The van der Waals surface area contributed by atoms with E-state index in [0.29, 0.717) is 23.1 Å². The van der Waals surface area contributed by atoms with Gasteiger partial charge in [-0.25, -0.2) is 4.98 Å². The van der Waals surface area contributed by atoms with Crippen LogP contribution in [-0.2, 0) is 11.4 Å². The summed E-state index contributed by atoms with van der Waals surface area (Å²) in [6, 6.07) is 18.4. The summed E-state index contributed by atoms with van der Waals surface area (Å²) in [4.78, 5) is 18.1. The van der Waals surface area contributed by atoms with E-state index in [4.69, 9.17) is 10.00 Å². The van der Waals surface area contributed by atoms with Crippen LogP contribution in [0, 0.1) is 11.3 Å². The summed E-state index contributed by atoms with van der Waals surface area (Å²) in [6.45, 7) is 1.81. The van der Waals surface area contributed by atoms with Crippen LogP contribution >= 0.6 is 11.3 Å². The molecule has 2 aromatic carbocycles. The molecule has 0 saturated carbocycles. The van der Waals surface area contributed by atoms with E-state index in [-0.39, 0.29) is 5.91 Å². The van der Waals surface area contributed by atoms with Crippen LogP contribution in [0.15, 0.2) is 60.0 Å². The Morgan fingerprint density at radius 3 is 2.56 bits per heavy atom. The highest BCUT2D eigenvalue weighted by Gasteiger charge is 2.17. The molecule has 1 heterocycles. The smallest absolute Gasteiger partial charge is 0.230 e. The number of hydrogen-bond acceptors (Lipinski definition) is 5. The van der Waals surface area contributed by atoms with Gasteiger partial charge in [0.05, 0.1) is 23.0 Å². The molecule has 0 saturated heterocycles. The predicted molar refractivity (Wildman–Crippen MR) is 96.9 cm³/mol. The Morgan fingerprint density at radius 2 is 1.92 bits per heavy atom. The quantitative estimate of drug-likeness (QED) is 0.689. The molecule has 3 aromatic rings. The van der Waals surface area contributed by atoms with Crippen LogP contribution in [-0.4, -0.2) is 10.9 Å². The molecule has 0 bridgehead atoms. The molecule has 1 amide bonds. The molecule has 0 aliphatic rings. The standard InChI is InChI=1S/C19H15N3O2S/c1-14(23)22(17-5-3-2-4-6-17)19-21-16(13-25-19)12-24-18-9-7-15(11-20)8-10-18/h2-10,13H,12H2,1H3. The first-order valence-corrected chi connectivity index (χ1v) is 8.48. The number of anilines is 2. The molecule has 6 heteroatoms. The molecule has 0 N–H and O–H groups in total. The minimum atomic E-state index is -0.0971. The first-order chi connectivity index (χ1) is 12.2. The highest BCUT2D eigenvalue weighted by molar-refractivity contribution is 7.14. The number of nitrogens with zero attached hydrogens (tertiary/aromatic N) is 3. The van der Waals surface area contributed by atoms with Crippen LogP contribution in [0.25, 0.3) is 0 Å². The van der Waals surface area contributed by atoms with Gasteiger partial charge in [-0.2, -0.15) is 5.26 Å². The average Bonchev–Trinajstić information content (AvgIpc) is 3.09. The predicted octanol–water partition coefficient (Wildman–Crippen LogP) is 4.28. The highest BCUT2D eigenvalue weighted by atomic mass is 32.1. The van der Waals surface area contributed by atoms with Gasteiger partial charge in [0, 0.05) is 12.3 Å². The lowest BCUT2D eigenvalue weighted by molar-refractivity contribution is -0.115. The molecule has 1 aromatic heterocycles. The fraction of sp³-hybridized carbons (Fsp3) is 0.105. The van der Waals surface area contributed by atoms with Gasteiger partial charge >= 0.3 is 0 Å². The van der Waals surface area contributed by atoms with Crippen LogP contribution in [0.5, 0.6) is 5.75 Å². The van der Waals surface area contributed by atoms with Gasteiger partial charge in [-0.3, -0.25) is 9.69 Å². The molecular weight excluding hydrogens is 334 g/mol. The number of amides is 1. The number of hydrogen-bond donors (Lipinski definition) is 0. The Balaban J connectivity index is 1.72. The van der Waals surface area contributed by atoms with Crippen molar-refractivity contribution < 1.29 is 9.53 Å². The van der Waals surface area contributed by atoms with Crippen molar-refractivity contribution in [2.75, 3.05) is 4.90 Å². The molecular formula is C19H15N3O2S. The van der Waals surface area contributed by atoms with Crippen molar-refractivity contribution in [3.63, 3.8) is 0 Å². The van der Waals surface area contributed by atoms with Gasteiger partial charge in [0.15, 0.2) is 5.13 Å². The number of carbonyl (C=O) groups excluding carboxylic acids is 1. The maximum Gasteiger partial charge on any atom is 0.230 e. The Morgan fingerprint density at radius 1 is 1.20 bits per heavy atom. The van der Waals surface area contributed by atoms with Gasteiger partial charge in [-0.1, -0.05) is 18.2 Å². The van der Waals surface area contributed by atoms with Gasteiger partial charge in [0.25, 0.3) is 0 Å². The minimum absolute atomic E-state index is 0.0971. The third kappa shape index (κ3) is 4.03. The third-order valence-electron chi connectivity index (χ3n) is 3.43. The highest BCUT2D eigenvalue weighted by Crippen LogP contribution is 2.29. The molecule has 0 fully saturated rings. The number of benzene rings is 2. The Bertz CT molecular complexity index is 898. The number of carbonyl (C=O) groups is 1. The Hall–Kier alpha value is -3.17. The molecule has 0 radical (unpaired) electrons. The van der Waals surface area contributed by atoms with E-state index in [1.807, 2.05) is 35.7 Å². The number of para-hydroxylation sites is 1. The lowest BCUT2D eigenvalue weighted by atomic mass is 10.2. The summed E-state index contributed by atoms with van der Waals surface area (Å²) < 4.78 is 5.68. The van der Waals surface area contributed by atoms with Crippen LogP contribution < -0.4 is 9.64 Å². The molecule has 0 atom stereocenters. The van der Waals surface area contributed by atoms with Crippen molar-refractivity contribution in [3.8, 4) is 11.8 Å². The number of aromatic nitrogens is 1. The summed E-state index contributed by atoms with van der Waals surface area (Å²) in [7, 11) is 0. The zero-order valence-corrected chi connectivity index (χ0v) is 14.4. The van der Waals surface area contributed by atoms with Crippen LogP contribution in [0.1, 0.15) is 18.2 Å². The fourth-order valence-electron chi connectivity index (χ4n) is 2.25. The van der Waals surface area contributed by atoms with E-state index in [2.05, 4.69) is 11.1 Å². The van der Waals surface area contributed by atoms with E-state index >= 15 is 0 Å². The van der Waals surface area contributed by atoms with Crippen molar-refractivity contribution in [1.29, 1.82) is 5.26 Å². The van der Waals surface area contributed by atoms with E-state index in [0.717, 1.165) is 11.4 Å². The average molecular weight is 349 g/mol. The number of nitriles is 1. The van der Waals surface area contributed by atoms with E-state index < -0.39 is 0 Å². The number of thiazole rings is 1. The molecule has 0 spiro atoms.